The molecule has 0 aliphatic carbocycles. The summed E-state index contributed by atoms with van der Waals surface area (Å²) in [5, 5.41) is 18.4. The lowest BCUT2D eigenvalue weighted by Gasteiger charge is -2.37. The van der Waals surface area contributed by atoms with Gasteiger partial charge in [0.2, 0.25) is 0 Å². The van der Waals surface area contributed by atoms with Crippen LogP contribution in [0.3, 0.4) is 0 Å². The molecule has 0 saturated carbocycles. The molecular weight excluding hydrogens is 220 g/mol. The van der Waals surface area contributed by atoms with Crippen molar-refractivity contribution in [3.63, 3.8) is 0 Å². The molecule has 8 heteroatoms. The van der Waals surface area contributed by atoms with Gasteiger partial charge in [-0.05, 0) is 0 Å². The molecule has 4 rings (SSSR count). The van der Waals surface area contributed by atoms with E-state index in [0.29, 0.717) is 0 Å². The van der Waals surface area contributed by atoms with Gasteiger partial charge in [-0.25, -0.2) is 5.43 Å². The van der Waals surface area contributed by atoms with E-state index in [1.807, 2.05) is 0 Å². The van der Waals surface area contributed by atoms with Gasteiger partial charge in [0.15, 0.2) is 0 Å². The number of hydrogen-bond donors (Lipinski definition) is 6. The van der Waals surface area contributed by atoms with E-state index in [1.165, 1.54) is 0 Å². The van der Waals surface area contributed by atoms with Crippen molar-refractivity contribution in [1.82, 2.24) is 36.8 Å². The fourth-order valence-electron chi connectivity index (χ4n) is 3.35. The third kappa shape index (κ3) is 1.41. The monoisotopic (exact) mass is 240 g/mol. The average Bonchev–Trinajstić information content (AvgIpc) is 2.88. The van der Waals surface area contributed by atoms with Crippen LogP contribution in [0.25, 0.3) is 0 Å². The molecule has 0 radical (unpaired) electrons. The van der Waals surface area contributed by atoms with Gasteiger partial charge in [0.25, 0.3) is 0 Å². The highest BCUT2D eigenvalue weighted by molar-refractivity contribution is 5.04. The maximum atomic E-state index is 6.29. The minimum Gasteiger partial charge on any atom is -0.312 e. The molecule has 5 unspecified atom stereocenters. The van der Waals surface area contributed by atoms with Crippen LogP contribution >= 0.6 is 0 Å². The van der Waals surface area contributed by atoms with Crippen LogP contribution in [0.4, 0.5) is 0 Å². The van der Waals surface area contributed by atoms with Crippen LogP contribution in [0.5, 0.6) is 0 Å². The van der Waals surface area contributed by atoms with Crippen molar-refractivity contribution in [3.05, 3.63) is 0 Å². The standard InChI is InChI=1S/C9H20N8/c10-6-5-8(13-3-1-11-5)16-9-7(15-17(6)16)12-2-4-14-9/h5-9,11-15H,1-4,10H2. The van der Waals surface area contributed by atoms with Gasteiger partial charge >= 0.3 is 0 Å². The first kappa shape index (κ1) is 10.6. The highest BCUT2D eigenvalue weighted by atomic mass is 15.9. The second kappa shape index (κ2) is 3.84. The minimum absolute atomic E-state index is 0.0259. The molecule has 4 aliphatic rings. The van der Waals surface area contributed by atoms with E-state index in [0.717, 1.165) is 26.2 Å². The molecular formula is C9H20N8. The van der Waals surface area contributed by atoms with Crippen molar-refractivity contribution in [1.29, 1.82) is 0 Å². The van der Waals surface area contributed by atoms with E-state index in [1.54, 1.807) is 0 Å². The summed E-state index contributed by atoms with van der Waals surface area (Å²) in [5.74, 6) is 0. The maximum absolute atomic E-state index is 6.29. The van der Waals surface area contributed by atoms with Crippen molar-refractivity contribution >= 4 is 0 Å². The molecule has 7 N–H and O–H groups in total. The summed E-state index contributed by atoms with van der Waals surface area (Å²) >= 11 is 0. The second-order valence-corrected chi connectivity index (χ2v) is 5.05. The number of piperazine rings is 2. The first-order chi connectivity index (χ1) is 8.36. The normalized spacial score (nSPS) is 51.0. The topological polar surface area (TPSA) is 92.6 Å². The van der Waals surface area contributed by atoms with Gasteiger partial charge in [-0.15, -0.1) is 0 Å². The second-order valence-electron chi connectivity index (χ2n) is 5.05. The molecule has 17 heavy (non-hydrogen) atoms. The highest BCUT2D eigenvalue weighted by Gasteiger charge is 2.56. The minimum atomic E-state index is -0.0259. The Balaban J connectivity index is 1.63. The number of rotatable bonds is 0. The Bertz CT molecular complexity index is 311. The fraction of sp³-hybridized carbons (Fsp3) is 1.00. The SMILES string of the molecule is NC1C2NCCNC2N2C3NCCNC3NN12. The maximum Gasteiger partial charge on any atom is 0.107 e. The third-order valence-electron chi connectivity index (χ3n) is 4.10. The third-order valence-corrected chi connectivity index (χ3v) is 4.10. The molecule has 0 amide bonds. The Hall–Kier alpha value is -0.320. The van der Waals surface area contributed by atoms with Gasteiger partial charge in [-0.2, -0.15) is 10.1 Å². The van der Waals surface area contributed by atoms with Crippen LogP contribution in [-0.2, 0) is 0 Å². The van der Waals surface area contributed by atoms with Gasteiger partial charge in [0.1, 0.15) is 18.5 Å². The summed E-state index contributed by atoms with van der Waals surface area (Å²) in [6.07, 6.45) is 0.771. The number of nitrogens with two attached hydrogens (primary N) is 1. The summed E-state index contributed by atoms with van der Waals surface area (Å²) in [7, 11) is 0. The number of nitrogens with one attached hydrogen (secondary N) is 5. The Labute approximate surface area is 100 Å². The first-order valence-corrected chi connectivity index (χ1v) is 6.39. The lowest BCUT2D eigenvalue weighted by atomic mass is 10.1. The van der Waals surface area contributed by atoms with Crippen molar-refractivity contribution in [2.45, 2.75) is 30.7 Å². The molecule has 0 aromatic carbocycles. The van der Waals surface area contributed by atoms with Gasteiger partial charge < -0.3 is 11.1 Å². The summed E-state index contributed by atoms with van der Waals surface area (Å²) < 4.78 is 0. The van der Waals surface area contributed by atoms with Crippen LogP contribution in [0, 0.1) is 0 Å². The predicted octanol–water partition coefficient (Wildman–Crippen LogP) is -3.95. The van der Waals surface area contributed by atoms with Crippen LogP contribution in [0.1, 0.15) is 0 Å². The van der Waals surface area contributed by atoms with E-state index in [9.17, 15) is 0 Å². The van der Waals surface area contributed by atoms with E-state index in [2.05, 4.69) is 36.8 Å². The average molecular weight is 240 g/mol. The largest absolute Gasteiger partial charge is 0.312 e. The Morgan fingerprint density at radius 3 is 2.47 bits per heavy atom. The van der Waals surface area contributed by atoms with Gasteiger partial charge in [-0.3, -0.25) is 16.0 Å². The number of fused-ring (bicyclic) bond motifs is 5. The van der Waals surface area contributed by atoms with Gasteiger partial charge in [0, 0.05) is 26.2 Å². The molecule has 8 nitrogen and oxygen atoms in total. The summed E-state index contributed by atoms with van der Waals surface area (Å²) in [5.41, 5.74) is 9.73. The first-order valence-electron chi connectivity index (χ1n) is 6.39. The molecule has 96 valence electrons. The fourth-order valence-corrected chi connectivity index (χ4v) is 3.35. The van der Waals surface area contributed by atoms with Crippen molar-refractivity contribution in [3.8, 4) is 0 Å². The van der Waals surface area contributed by atoms with Crippen molar-refractivity contribution < 1.29 is 0 Å². The molecule has 0 aromatic heterocycles. The Morgan fingerprint density at radius 2 is 1.59 bits per heavy atom. The summed E-state index contributed by atoms with van der Waals surface area (Å²) in [6, 6.07) is 0.279. The molecule has 5 atom stereocenters. The lowest BCUT2D eigenvalue weighted by Crippen LogP contribution is -2.68. The predicted molar refractivity (Wildman–Crippen MR) is 62.0 cm³/mol. The number of nitrogens with zero attached hydrogens (tertiary/aromatic N) is 2. The molecule has 0 bridgehead atoms. The summed E-state index contributed by atoms with van der Waals surface area (Å²) in [6.45, 7) is 3.96. The van der Waals surface area contributed by atoms with Crippen LogP contribution < -0.4 is 32.4 Å². The Kier molecular flexibility index (Phi) is 2.39. The van der Waals surface area contributed by atoms with Crippen LogP contribution in [-0.4, -0.2) is 67.0 Å². The highest BCUT2D eigenvalue weighted by Crippen LogP contribution is 2.28. The molecule has 4 aliphatic heterocycles. The van der Waals surface area contributed by atoms with E-state index >= 15 is 0 Å². The van der Waals surface area contributed by atoms with E-state index < -0.39 is 0 Å². The van der Waals surface area contributed by atoms with E-state index in [4.69, 9.17) is 5.73 Å². The van der Waals surface area contributed by atoms with Gasteiger partial charge in [-0.1, -0.05) is 0 Å². The van der Waals surface area contributed by atoms with Crippen LogP contribution in [0.2, 0.25) is 0 Å². The smallest absolute Gasteiger partial charge is 0.107 e. The Morgan fingerprint density at radius 1 is 0.882 bits per heavy atom. The zero-order valence-corrected chi connectivity index (χ0v) is 9.69. The number of hydrazine groups is 2. The number of hydrogen-bond acceptors (Lipinski definition) is 8. The molecule has 0 spiro atoms. The molecule has 0 aromatic rings. The van der Waals surface area contributed by atoms with Crippen LogP contribution in [0.15, 0.2) is 0 Å². The van der Waals surface area contributed by atoms with E-state index in [-0.39, 0.29) is 30.7 Å². The van der Waals surface area contributed by atoms with Crippen molar-refractivity contribution in [2.24, 2.45) is 5.73 Å². The zero-order valence-electron chi connectivity index (χ0n) is 9.69. The molecule has 4 fully saturated rings. The molecule has 4 saturated heterocycles. The quantitative estimate of drug-likeness (QED) is 0.256. The summed E-state index contributed by atoms with van der Waals surface area (Å²) in [4.78, 5) is 0. The molecule has 4 heterocycles. The zero-order chi connectivity index (χ0) is 11.4. The lowest BCUT2D eigenvalue weighted by molar-refractivity contribution is -0.0487. The van der Waals surface area contributed by atoms with Crippen molar-refractivity contribution in [2.75, 3.05) is 26.2 Å². The van der Waals surface area contributed by atoms with Gasteiger partial charge in [0.05, 0.1) is 12.2 Å².